The van der Waals surface area contributed by atoms with E-state index in [1.54, 1.807) is 0 Å². The molecule has 132 valence electrons. The maximum Gasteiger partial charge on any atom is 0.387 e. The Bertz CT molecular complexity index is 739. The van der Waals surface area contributed by atoms with Gasteiger partial charge >= 0.3 is 12.6 Å². The third-order valence-corrected chi connectivity index (χ3v) is 4.24. The van der Waals surface area contributed by atoms with Crippen molar-refractivity contribution in [3.8, 4) is 5.75 Å². The van der Waals surface area contributed by atoms with E-state index in [-0.39, 0.29) is 22.8 Å². The Morgan fingerprint density at radius 1 is 1.16 bits per heavy atom. The van der Waals surface area contributed by atoms with Gasteiger partial charge in [0.05, 0.1) is 11.1 Å². The van der Waals surface area contributed by atoms with Crippen molar-refractivity contribution >= 4 is 23.3 Å². The summed E-state index contributed by atoms with van der Waals surface area (Å²) in [4.78, 5) is 12.3. The van der Waals surface area contributed by atoms with Gasteiger partial charge in [-0.15, -0.1) is 0 Å². The van der Waals surface area contributed by atoms with Crippen LogP contribution in [0.5, 0.6) is 5.75 Å². The molecule has 2 aromatic rings. The highest BCUT2D eigenvalue weighted by Gasteiger charge is 2.33. The van der Waals surface area contributed by atoms with Crippen molar-refractivity contribution in [3.05, 3.63) is 59.1 Å². The van der Waals surface area contributed by atoms with Crippen molar-refractivity contribution in [2.24, 2.45) is 5.92 Å². The Hall–Kier alpha value is -2.34. The fourth-order valence-electron chi connectivity index (χ4n) is 2.64. The number of carbonyl (C=O) groups is 1. The summed E-state index contributed by atoms with van der Waals surface area (Å²) < 4.78 is 28.7. The molecule has 1 unspecified atom stereocenters. The molecule has 2 amide bonds. The Morgan fingerprint density at radius 2 is 1.88 bits per heavy atom. The smallest absolute Gasteiger partial charge is 0.387 e. The number of urea groups is 1. The average molecular weight is 367 g/mol. The number of nitrogens with one attached hydrogen (secondary N) is 2. The molecule has 7 heteroatoms. The van der Waals surface area contributed by atoms with Crippen molar-refractivity contribution < 1.29 is 18.3 Å². The van der Waals surface area contributed by atoms with Crippen molar-refractivity contribution in [2.75, 3.05) is 5.32 Å². The van der Waals surface area contributed by atoms with Gasteiger partial charge in [-0.2, -0.15) is 8.78 Å². The highest BCUT2D eigenvalue weighted by molar-refractivity contribution is 6.32. The van der Waals surface area contributed by atoms with E-state index in [4.69, 9.17) is 11.6 Å². The highest BCUT2D eigenvalue weighted by atomic mass is 35.5. The zero-order chi connectivity index (χ0) is 17.8. The summed E-state index contributed by atoms with van der Waals surface area (Å²) in [6.07, 6.45) is 2.15. The Kier molecular flexibility index (Phi) is 5.38. The SMILES string of the molecule is O=C(Nc1ccc(OC(F)F)c(Cl)c1)NC(c1ccccc1)C1CC1. The molecule has 4 nitrogen and oxygen atoms in total. The molecule has 0 spiro atoms. The van der Waals surface area contributed by atoms with Gasteiger partial charge in [0.1, 0.15) is 5.75 Å². The lowest BCUT2D eigenvalue weighted by Crippen LogP contribution is -2.33. The fourth-order valence-corrected chi connectivity index (χ4v) is 2.87. The lowest BCUT2D eigenvalue weighted by atomic mass is 10.0. The monoisotopic (exact) mass is 366 g/mol. The van der Waals surface area contributed by atoms with Crippen molar-refractivity contribution in [3.63, 3.8) is 0 Å². The number of benzene rings is 2. The van der Waals surface area contributed by atoms with E-state index < -0.39 is 6.61 Å². The molecule has 2 aromatic carbocycles. The van der Waals surface area contributed by atoms with Crippen LogP contribution in [0.15, 0.2) is 48.5 Å². The van der Waals surface area contributed by atoms with Crippen LogP contribution in [-0.2, 0) is 0 Å². The van der Waals surface area contributed by atoms with Crippen LogP contribution in [-0.4, -0.2) is 12.6 Å². The number of amides is 2. The summed E-state index contributed by atoms with van der Waals surface area (Å²) in [5.41, 5.74) is 1.45. The molecule has 0 heterocycles. The van der Waals surface area contributed by atoms with Crippen molar-refractivity contribution in [1.29, 1.82) is 0 Å². The second-order valence-corrected chi connectivity index (χ2v) is 6.26. The average Bonchev–Trinajstić information content (AvgIpc) is 3.40. The number of alkyl halides is 2. The van der Waals surface area contributed by atoms with E-state index in [0.717, 1.165) is 18.4 Å². The Labute approximate surface area is 149 Å². The number of ether oxygens (including phenoxy) is 1. The van der Waals surface area contributed by atoms with Crippen LogP contribution < -0.4 is 15.4 Å². The van der Waals surface area contributed by atoms with E-state index in [0.29, 0.717) is 11.6 Å². The van der Waals surface area contributed by atoms with Crippen LogP contribution in [0.4, 0.5) is 19.3 Å². The standard InChI is InChI=1S/C18H17ClF2N2O2/c19-14-10-13(8-9-15(14)25-17(20)21)22-18(24)23-16(12-6-7-12)11-4-2-1-3-5-11/h1-5,8-10,12,16-17H,6-7H2,(H2,22,23,24). The molecule has 1 atom stereocenters. The molecule has 0 bridgehead atoms. The first kappa shape index (κ1) is 17.5. The summed E-state index contributed by atoms with van der Waals surface area (Å²) in [6, 6.07) is 13.5. The van der Waals surface area contributed by atoms with Crippen LogP contribution in [0, 0.1) is 5.92 Å². The Balaban J connectivity index is 1.64. The van der Waals surface area contributed by atoms with Gasteiger partial charge in [-0.05, 0) is 42.5 Å². The number of hydrogen-bond donors (Lipinski definition) is 2. The van der Waals surface area contributed by atoms with Crippen LogP contribution >= 0.6 is 11.6 Å². The third-order valence-electron chi connectivity index (χ3n) is 3.94. The van der Waals surface area contributed by atoms with Crippen LogP contribution in [0.25, 0.3) is 0 Å². The first-order chi connectivity index (χ1) is 12.0. The topological polar surface area (TPSA) is 50.4 Å². The molecule has 1 aliphatic rings. The maximum atomic E-state index is 12.3. The number of carbonyl (C=O) groups excluding carboxylic acids is 1. The molecule has 1 fully saturated rings. The van der Waals surface area contributed by atoms with Gasteiger partial charge in [-0.25, -0.2) is 4.79 Å². The number of halogens is 3. The first-order valence-corrected chi connectivity index (χ1v) is 8.27. The molecule has 0 aliphatic heterocycles. The van der Waals surface area contributed by atoms with Gasteiger partial charge in [0.2, 0.25) is 0 Å². The molecular weight excluding hydrogens is 350 g/mol. The first-order valence-electron chi connectivity index (χ1n) is 7.90. The number of anilines is 1. The molecule has 2 N–H and O–H groups in total. The molecule has 25 heavy (non-hydrogen) atoms. The largest absolute Gasteiger partial charge is 0.433 e. The van der Waals surface area contributed by atoms with Gasteiger partial charge in [0.25, 0.3) is 0 Å². The number of hydrogen-bond acceptors (Lipinski definition) is 2. The summed E-state index contributed by atoms with van der Waals surface area (Å²) >= 11 is 5.89. The quantitative estimate of drug-likeness (QED) is 0.736. The minimum absolute atomic E-state index is 0.0000905. The fraction of sp³-hybridized carbons (Fsp3) is 0.278. The van der Waals surface area contributed by atoms with Crippen molar-refractivity contribution in [2.45, 2.75) is 25.5 Å². The second-order valence-electron chi connectivity index (χ2n) is 5.85. The van der Waals surface area contributed by atoms with Gasteiger partial charge in [-0.3, -0.25) is 0 Å². The number of rotatable bonds is 6. The Morgan fingerprint density at radius 3 is 2.48 bits per heavy atom. The minimum Gasteiger partial charge on any atom is -0.433 e. The van der Waals surface area contributed by atoms with E-state index in [9.17, 15) is 13.6 Å². The molecular formula is C18H17ClF2N2O2. The van der Waals surface area contributed by atoms with Crippen LogP contribution in [0.2, 0.25) is 5.02 Å². The van der Waals surface area contributed by atoms with E-state index in [1.807, 2.05) is 30.3 Å². The second kappa shape index (κ2) is 7.70. The highest BCUT2D eigenvalue weighted by Crippen LogP contribution is 2.41. The molecule has 1 saturated carbocycles. The van der Waals surface area contributed by atoms with Gasteiger partial charge < -0.3 is 15.4 Å². The third kappa shape index (κ3) is 4.82. The summed E-state index contributed by atoms with van der Waals surface area (Å²) in [5.74, 6) is 0.293. The predicted molar refractivity (Wildman–Crippen MR) is 92.1 cm³/mol. The van der Waals surface area contributed by atoms with Gasteiger partial charge in [-0.1, -0.05) is 41.9 Å². The summed E-state index contributed by atoms with van der Waals surface area (Å²) in [7, 11) is 0. The molecule has 0 saturated heterocycles. The summed E-state index contributed by atoms with van der Waals surface area (Å²) in [6.45, 7) is -2.95. The van der Waals surface area contributed by atoms with Crippen LogP contribution in [0.1, 0.15) is 24.4 Å². The van der Waals surface area contributed by atoms with Crippen molar-refractivity contribution in [1.82, 2.24) is 5.32 Å². The van der Waals surface area contributed by atoms with Gasteiger partial charge in [0.15, 0.2) is 0 Å². The van der Waals surface area contributed by atoms with E-state index >= 15 is 0 Å². The molecule has 0 radical (unpaired) electrons. The zero-order valence-electron chi connectivity index (χ0n) is 13.2. The van der Waals surface area contributed by atoms with E-state index in [1.165, 1.54) is 18.2 Å². The molecule has 1 aliphatic carbocycles. The van der Waals surface area contributed by atoms with E-state index in [2.05, 4.69) is 15.4 Å². The lowest BCUT2D eigenvalue weighted by molar-refractivity contribution is -0.0497. The molecule has 0 aromatic heterocycles. The van der Waals surface area contributed by atoms with Crippen LogP contribution in [0.3, 0.4) is 0 Å². The minimum atomic E-state index is -2.95. The predicted octanol–water partition coefficient (Wildman–Crippen LogP) is 5.21. The maximum absolute atomic E-state index is 12.3. The normalized spacial score (nSPS) is 14.9. The van der Waals surface area contributed by atoms with Gasteiger partial charge in [0, 0.05) is 5.69 Å². The lowest BCUT2D eigenvalue weighted by Gasteiger charge is -2.19. The molecule has 3 rings (SSSR count). The summed E-state index contributed by atoms with van der Waals surface area (Å²) in [5, 5.41) is 5.63. The zero-order valence-corrected chi connectivity index (χ0v) is 14.0.